The molecule has 1 aromatic heterocycles. The molecule has 6 nitrogen and oxygen atoms in total. The molecule has 0 atom stereocenters. The molecule has 0 aliphatic heterocycles. The van der Waals surface area contributed by atoms with Gasteiger partial charge in [0.05, 0.1) is 25.0 Å². The Morgan fingerprint density at radius 3 is 2.35 bits per heavy atom. The number of anilines is 1. The molecule has 0 aromatic carbocycles. The second-order valence-electron chi connectivity index (χ2n) is 3.46. The Morgan fingerprint density at radius 2 is 1.94 bits per heavy atom. The van der Waals surface area contributed by atoms with Crippen LogP contribution in [0.25, 0.3) is 0 Å². The number of nitrogen functional groups attached to an aromatic ring is 1. The van der Waals surface area contributed by atoms with E-state index < -0.39 is 0 Å². The summed E-state index contributed by atoms with van der Waals surface area (Å²) in [5.41, 5.74) is 6.36. The lowest BCUT2D eigenvalue weighted by molar-refractivity contribution is 0.0757. The first-order valence-electron chi connectivity index (χ1n) is 5.16. The van der Waals surface area contributed by atoms with Gasteiger partial charge in [-0.1, -0.05) is 0 Å². The van der Waals surface area contributed by atoms with Crippen LogP contribution in [0.2, 0.25) is 0 Å². The number of hydrogen-bond acceptors (Lipinski definition) is 4. The fraction of sp³-hybridized carbons (Fsp3) is 0.364. The normalized spacial score (nSPS) is 9.29. The van der Waals surface area contributed by atoms with E-state index in [1.54, 1.807) is 0 Å². The van der Waals surface area contributed by atoms with Gasteiger partial charge >= 0.3 is 0 Å². The first kappa shape index (κ1) is 12.6. The summed E-state index contributed by atoms with van der Waals surface area (Å²) in [4.78, 5) is 16.2. The molecule has 3 N–H and O–H groups in total. The standard InChI is InChI=1S/C11H13N5O/c12-3-1-5-16(6-2-4-13)11(17)10-7-9(14)8-15-10/h7-8,15H,1-2,5-6,14H2. The van der Waals surface area contributed by atoms with Crippen LogP contribution in [0, 0.1) is 22.7 Å². The van der Waals surface area contributed by atoms with Gasteiger partial charge in [0.2, 0.25) is 0 Å². The average Bonchev–Trinajstić information content (AvgIpc) is 2.75. The highest BCUT2D eigenvalue weighted by Gasteiger charge is 2.16. The first-order chi connectivity index (χ1) is 8.19. The van der Waals surface area contributed by atoms with Crippen molar-refractivity contribution in [2.45, 2.75) is 12.8 Å². The third-order valence-electron chi connectivity index (χ3n) is 2.21. The van der Waals surface area contributed by atoms with Crippen LogP contribution in [0.3, 0.4) is 0 Å². The van der Waals surface area contributed by atoms with E-state index in [1.165, 1.54) is 17.2 Å². The number of aromatic amines is 1. The highest BCUT2D eigenvalue weighted by molar-refractivity contribution is 5.93. The Hall–Kier alpha value is -2.47. The van der Waals surface area contributed by atoms with Gasteiger partial charge in [-0.25, -0.2) is 0 Å². The zero-order valence-corrected chi connectivity index (χ0v) is 9.31. The van der Waals surface area contributed by atoms with Crippen molar-refractivity contribution in [3.8, 4) is 12.1 Å². The monoisotopic (exact) mass is 231 g/mol. The fourth-order valence-corrected chi connectivity index (χ4v) is 1.39. The van der Waals surface area contributed by atoms with Crippen molar-refractivity contribution in [3.63, 3.8) is 0 Å². The number of amides is 1. The number of rotatable bonds is 5. The van der Waals surface area contributed by atoms with Gasteiger partial charge in [-0.2, -0.15) is 10.5 Å². The molecule has 0 aliphatic rings. The van der Waals surface area contributed by atoms with E-state index >= 15 is 0 Å². The van der Waals surface area contributed by atoms with Gasteiger partial charge in [0.25, 0.3) is 5.91 Å². The van der Waals surface area contributed by atoms with Gasteiger partial charge in [0.1, 0.15) is 5.69 Å². The van der Waals surface area contributed by atoms with Crippen molar-refractivity contribution in [1.29, 1.82) is 10.5 Å². The van der Waals surface area contributed by atoms with Crippen LogP contribution in [0.4, 0.5) is 5.69 Å². The van der Waals surface area contributed by atoms with E-state index in [1.807, 2.05) is 12.1 Å². The molecule has 88 valence electrons. The van der Waals surface area contributed by atoms with Crippen molar-refractivity contribution in [2.75, 3.05) is 18.8 Å². The summed E-state index contributed by atoms with van der Waals surface area (Å²) < 4.78 is 0. The summed E-state index contributed by atoms with van der Waals surface area (Å²) >= 11 is 0. The number of nitrogens with one attached hydrogen (secondary N) is 1. The van der Waals surface area contributed by atoms with Crippen molar-refractivity contribution in [1.82, 2.24) is 9.88 Å². The molecule has 0 aliphatic carbocycles. The van der Waals surface area contributed by atoms with Crippen LogP contribution in [0.1, 0.15) is 23.3 Å². The first-order valence-corrected chi connectivity index (χ1v) is 5.16. The molecule has 1 heterocycles. The number of nitrogens with zero attached hydrogens (tertiary/aromatic N) is 3. The molecule has 0 unspecified atom stereocenters. The van der Waals surface area contributed by atoms with E-state index in [0.29, 0.717) is 24.5 Å². The minimum atomic E-state index is -0.243. The predicted molar refractivity (Wildman–Crippen MR) is 61.6 cm³/mol. The lowest BCUT2D eigenvalue weighted by Crippen LogP contribution is -2.33. The molecule has 1 aromatic rings. The molecule has 0 saturated carbocycles. The molecule has 0 radical (unpaired) electrons. The van der Waals surface area contributed by atoms with Crippen molar-refractivity contribution >= 4 is 11.6 Å². The molecular weight excluding hydrogens is 218 g/mol. The van der Waals surface area contributed by atoms with Gasteiger partial charge in [-0.3, -0.25) is 4.79 Å². The zero-order valence-electron chi connectivity index (χ0n) is 9.31. The average molecular weight is 231 g/mol. The summed E-state index contributed by atoms with van der Waals surface area (Å²) in [5.74, 6) is -0.243. The summed E-state index contributed by atoms with van der Waals surface area (Å²) in [6.45, 7) is 0.631. The summed E-state index contributed by atoms with van der Waals surface area (Å²) in [6.07, 6.45) is 2.01. The lowest BCUT2D eigenvalue weighted by atomic mass is 10.3. The van der Waals surface area contributed by atoms with E-state index in [4.69, 9.17) is 16.3 Å². The maximum atomic E-state index is 12.0. The van der Waals surface area contributed by atoms with E-state index in [9.17, 15) is 4.79 Å². The second-order valence-corrected chi connectivity index (χ2v) is 3.46. The Labute approximate surface area is 99.2 Å². The molecule has 0 spiro atoms. The number of carbonyl (C=O) groups excluding carboxylic acids is 1. The third-order valence-corrected chi connectivity index (χ3v) is 2.21. The van der Waals surface area contributed by atoms with Gasteiger partial charge in [0.15, 0.2) is 0 Å². The van der Waals surface area contributed by atoms with Crippen molar-refractivity contribution < 1.29 is 4.79 Å². The molecular formula is C11H13N5O. The smallest absolute Gasteiger partial charge is 0.270 e. The molecule has 1 amide bonds. The topological polar surface area (TPSA) is 110 Å². The fourth-order valence-electron chi connectivity index (χ4n) is 1.39. The third kappa shape index (κ3) is 3.54. The van der Waals surface area contributed by atoms with Crippen LogP contribution in [-0.2, 0) is 0 Å². The minimum absolute atomic E-state index is 0.243. The molecule has 17 heavy (non-hydrogen) atoms. The maximum Gasteiger partial charge on any atom is 0.270 e. The van der Waals surface area contributed by atoms with Crippen molar-refractivity contribution in [2.24, 2.45) is 0 Å². The largest absolute Gasteiger partial charge is 0.397 e. The number of carbonyl (C=O) groups is 1. The van der Waals surface area contributed by atoms with E-state index in [2.05, 4.69) is 4.98 Å². The lowest BCUT2D eigenvalue weighted by Gasteiger charge is -2.19. The summed E-state index contributed by atoms with van der Waals surface area (Å²) in [7, 11) is 0. The van der Waals surface area contributed by atoms with Gasteiger partial charge in [-0.15, -0.1) is 0 Å². The van der Waals surface area contributed by atoms with E-state index in [-0.39, 0.29) is 18.7 Å². The van der Waals surface area contributed by atoms with E-state index in [0.717, 1.165) is 0 Å². The number of aromatic nitrogens is 1. The Balaban J connectivity index is 2.72. The molecule has 6 heteroatoms. The van der Waals surface area contributed by atoms with Gasteiger partial charge in [0, 0.05) is 25.0 Å². The number of nitriles is 2. The molecule has 1 rings (SSSR count). The summed E-state index contributed by atoms with van der Waals surface area (Å²) in [6, 6.07) is 5.48. The molecule has 0 fully saturated rings. The quantitative estimate of drug-likeness (QED) is 0.783. The van der Waals surface area contributed by atoms with Gasteiger partial charge < -0.3 is 15.6 Å². The number of hydrogen-bond donors (Lipinski definition) is 2. The summed E-state index contributed by atoms with van der Waals surface area (Å²) in [5, 5.41) is 17.0. The van der Waals surface area contributed by atoms with Crippen LogP contribution >= 0.6 is 0 Å². The Bertz CT molecular complexity index is 447. The Morgan fingerprint density at radius 1 is 1.35 bits per heavy atom. The minimum Gasteiger partial charge on any atom is -0.397 e. The van der Waals surface area contributed by atoms with Crippen molar-refractivity contribution in [3.05, 3.63) is 18.0 Å². The highest BCUT2D eigenvalue weighted by Crippen LogP contribution is 2.09. The van der Waals surface area contributed by atoms with Crippen LogP contribution in [0.5, 0.6) is 0 Å². The predicted octanol–water partition coefficient (Wildman–Crippen LogP) is 0.866. The second kappa shape index (κ2) is 6.19. The Kier molecular flexibility index (Phi) is 4.58. The van der Waals surface area contributed by atoms with Crippen LogP contribution < -0.4 is 5.73 Å². The maximum absolute atomic E-state index is 12.0. The van der Waals surface area contributed by atoms with Gasteiger partial charge in [-0.05, 0) is 6.07 Å². The zero-order chi connectivity index (χ0) is 12.7. The molecule has 0 saturated heterocycles. The van der Waals surface area contributed by atoms with Crippen LogP contribution in [-0.4, -0.2) is 28.9 Å². The molecule has 0 bridgehead atoms. The number of H-pyrrole nitrogens is 1. The number of nitrogens with two attached hydrogens (primary N) is 1. The highest BCUT2D eigenvalue weighted by atomic mass is 16.2. The SMILES string of the molecule is N#CCCN(CCC#N)C(=O)c1cc(N)c[nH]1. The van der Waals surface area contributed by atoms with Crippen LogP contribution in [0.15, 0.2) is 12.3 Å².